The highest BCUT2D eigenvalue weighted by Gasteiger charge is 2.22. The zero-order valence-corrected chi connectivity index (χ0v) is 17.6. The van der Waals surface area contributed by atoms with Crippen LogP contribution in [0.15, 0.2) is 33.7 Å². The maximum atomic E-state index is 11.6. The summed E-state index contributed by atoms with van der Waals surface area (Å²) in [7, 11) is 1.74. The van der Waals surface area contributed by atoms with E-state index < -0.39 is 0 Å². The van der Waals surface area contributed by atoms with Gasteiger partial charge in [0, 0.05) is 37.0 Å². The lowest BCUT2D eigenvalue weighted by Gasteiger charge is -2.11. The predicted octanol–water partition coefficient (Wildman–Crippen LogP) is 3.08. The highest BCUT2D eigenvalue weighted by molar-refractivity contribution is 14.0. The van der Waals surface area contributed by atoms with E-state index in [0.717, 1.165) is 41.6 Å². The number of carbonyl (C=O) groups excluding carboxylic acids is 1. The normalized spacial score (nSPS) is 14.0. The van der Waals surface area contributed by atoms with Crippen molar-refractivity contribution in [1.29, 1.82) is 0 Å². The third-order valence-electron chi connectivity index (χ3n) is 4.40. The van der Waals surface area contributed by atoms with Gasteiger partial charge in [0.05, 0.1) is 6.54 Å². The molecule has 3 rings (SSSR count). The van der Waals surface area contributed by atoms with Crippen LogP contribution in [0.4, 0.5) is 0 Å². The van der Waals surface area contributed by atoms with Crippen LogP contribution in [-0.4, -0.2) is 31.5 Å². The van der Waals surface area contributed by atoms with Crippen LogP contribution in [0, 0.1) is 6.92 Å². The molecule has 1 fully saturated rings. The van der Waals surface area contributed by atoms with Crippen molar-refractivity contribution < 1.29 is 9.21 Å². The number of rotatable bonds is 7. The van der Waals surface area contributed by atoms with Crippen LogP contribution in [0.3, 0.4) is 0 Å². The molecule has 2 aromatic rings. The standard InChI is InChI=1S/C19H26N4O2.HI/c1-13-15-6-3-4-7-16(15)25-17(13)12-22-19(20-2)21-11-5-8-18(24)23-14-9-10-14;/h3-4,6-7,14H,5,8-12H2,1-2H3,(H,23,24)(H2,20,21,22);1H. The summed E-state index contributed by atoms with van der Waals surface area (Å²) in [6.45, 7) is 3.34. The maximum absolute atomic E-state index is 11.6. The Morgan fingerprint density at radius 3 is 2.73 bits per heavy atom. The molecule has 1 aromatic carbocycles. The summed E-state index contributed by atoms with van der Waals surface area (Å²) in [5.74, 6) is 1.76. The Morgan fingerprint density at radius 2 is 2.04 bits per heavy atom. The molecule has 0 radical (unpaired) electrons. The van der Waals surface area contributed by atoms with Gasteiger partial charge in [-0.3, -0.25) is 9.79 Å². The largest absolute Gasteiger partial charge is 0.459 e. The van der Waals surface area contributed by atoms with Crippen molar-refractivity contribution in [1.82, 2.24) is 16.0 Å². The molecule has 0 aliphatic heterocycles. The van der Waals surface area contributed by atoms with Crippen molar-refractivity contribution in [2.75, 3.05) is 13.6 Å². The predicted molar refractivity (Wildman–Crippen MR) is 115 cm³/mol. The fraction of sp³-hybridized carbons (Fsp3) is 0.474. The second-order valence-corrected chi connectivity index (χ2v) is 6.44. The Morgan fingerprint density at radius 1 is 1.27 bits per heavy atom. The molecule has 1 heterocycles. The summed E-state index contributed by atoms with van der Waals surface area (Å²) in [4.78, 5) is 15.9. The number of fused-ring (bicyclic) bond motifs is 1. The number of benzene rings is 1. The number of hydrogen-bond donors (Lipinski definition) is 3. The number of aliphatic imine (C=N–C) groups is 1. The van der Waals surface area contributed by atoms with E-state index >= 15 is 0 Å². The number of furan rings is 1. The molecule has 7 heteroatoms. The molecule has 1 saturated carbocycles. The van der Waals surface area contributed by atoms with Gasteiger partial charge in [-0.2, -0.15) is 0 Å². The Balaban J connectivity index is 0.00000243. The maximum Gasteiger partial charge on any atom is 0.220 e. The first-order valence-corrected chi connectivity index (χ1v) is 8.88. The second kappa shape index (κ2) is 9.80. The summed E-state index contributed by atoms with van der Waals surface area (Å²) in [5.41, 5.74) is 2.05. The van der Waals surface area contributed by atoms with Gasteiger partial charge in [-0.1, -0.05) is 18.2 Å². The number of aryl methyl sites for hydroxylation is 1. The van der Waals surface area contributed by atoms with E-state index in [4.69, 9.17) is 4.42 Å². The minimum atomic E-state index is 0. The lowest BCUT2D eigenvalue weighted by molar-refractivity contribution is -0.121. The van der Waals surface area contributed by atoms with Crippen LogP contribution < -0.4 is 16.0 Å². The van der Waals surface area contributed by atoms with Crippen molar-refractivity contribution in [2.45, 2.75) is 45.2 Å². The topological polar surface area (TPSA) is 78.7 Å². The van der Waals surface area contributed by atoms with Crippen molar-refractivity contribution in [3.63, 3.8) is 0 Å². The monoisotopic (exact) mass is 470 g/mol. The molecule has 1 aliphatic rings. The number of nitrogens with one attached hydrogen (secondary N) is 3. The van der Waals surface area contributed by atoms with Gasteiger partial charge in [-0.05, 0) is 32.3 Å². The number of carbonyl (C=O) groups is 1. The number of halogens is 1. The molecule has 6 nitrogen and oxygen atoms in total. The molecule has 0 saturated heterocycles. The molecule has 0 atom stereocenters. The first-order chi connectivity index (χ1) is 12.2. The van der Waals surface area contributed by atoms with Gasteiger partial charge in [-0.25, -0.2) is 0 Å². The minimum absolute atomic E-state index is 0. The summed E-state index contributed by atoms with van der Waals surface area (Å²) < 4.78 is 5.90. The van der Waals surface area contributed by atoms with Gasteiger partial charge in [0.15, 0.2) is 5.96 Å². The molecular formula is C19H27IN4O2. The van der Waals surface area contributed by atoms with E-state index in [1.54, 1.807) is 7.05 Å². The summed E-state index contributed by atoms with van der Waals surface area (Å²) in [5, 5.41) is 10.6. The highest BCUT2D eigenvalue weighted by Crippen LogP contribution is 2.24. The molecule has 26 heavy (non-hydrogen) atoms. The number of guanidine groups is 1. The third-order valence-corrected chi connectivity index (χ3v) is 4.40. The molecule has 3 N–H and O–H groups in total. The van der Waals surface area contributed by atoms with Crippen molar-refractivity contribution in [2.24, 2.45) is 4.99 Å². The van der Waals surface area contributed by atoms with Crippen LogP contribution >= 0.6 is 24.0 Å². The minimum Gasteiger partial charge on any atom is -0.459 e. The van der Waals surface area contributed by atoms with Crippen LogP contribution in [0.1, 0.15) is 37.0 Å². The van der Waals surface area contributed by atoms with Gasteiger partial charge in [0.1, 0.15) is 11.3 Å². The molecule has 0 spiro atoms. The average molecular weight is 470 g/mol. The fourth-order valence-electron chi connectivity index (χ4n) is 2.76. The van der Waals surface area contributed by atoms with E-state index in [-0.39, 0.29) is 29.9 Å². The molecular weight excluding hydrogens is 443 g/mol. The Bertz CT molecular complexity index is 768. The van der Waals surface area contributed by atoms with Gasteiger partial charge >= 0.3 is 0 Å². The Hall–Kier alpha value is -1.77. The molecule has 0 bridgehead atoms. The van der Waals surface area contributed by atoms with Crippen LogP contribution in [0.25, 0.3) is 11.0 Å². The first kappa shape index (κ1) is 20.5. The van der Waals surface area contributed by atoms with Crippen LogP contribution in [0.2, 0.25) is 0 Å². The molecule has 1 aromatic heterocycles. The fourth-order valence-corrected chi connectivity index (χ4v) is 2.76. The molecule has 1 amide bonds. The summed E-state index contributed by atoms with van der Waals surface area (Å²) in [6.07, 6.45) is 3.58. The molecule has 0 unspecified atom stereocenters. The van der Waals surface area contributed by atoms with E-state index in [1.165, 1.54) is 0 Å². The second-order valence-electron chi connectivity index (χ2n) is 6.44. The van der Waals surface area contributed by atoms with Crippen molar-refractivity contribution in [3.8, 4) is 0 Å². The zero-order valence-electron chi connectivity index (χ0n) is 15.3. The smallest absolute Gasteiger partial charge is 0.220 e. The number of nitrogens with zero attached hydrogens (tertiary/aromatic N) is 1. The molecule has 142 valence electrons. The number of hydrogen-bond acceptors (Lipinski definition) is 3. The summed E-state index contributed by atoms with van der Waals surface area (Å²) >= 11 is 0. The number of para-hydroxylation sites is 1. The molecule has 1 aliphatic carbocycles. The first-order valence-electron chi connectivity index (χ1n) is 8.88. The van der Waals surface area contributed by atoms with Gasteiger partial charge < -0.3 is 20.4 Å². The lowest BCUT2D eigenvalue weighted by Crippen LogP contribution is -2.37. The van der Waals surface area contributed by atoms with Gasteiger partial charge in [0.2, 0.25) is 5.91 Å². The van der Waals surface area contributed by atoms with Gasteiger partial charge in [0.25, 0.3) is 0 Å². The van der Waals surface area contributed by atoms with Crippen LogP contribution in [0.5, 0.6) is 0 Å². The Labute approximate surface area is 171 Å². The van der Waals surface area contributed by atoms with E-state index in [1.807, 2.05) is 18.2 Å². The lowest BCUT2D eigenvalue weighted by atomic mass is 10.1. The number of amides is 1. The third kappa shape index (κ3) is 5.62. The SMILES string of the molecule is CN=C(NCCCC(=O)NC1CC1)NCc1oc2ccccc2c1C.I. The summed E-state index contributed by atoms with van der Waals surface area (Å²) in [6, 6.07) is 8.47. The Kier molecular flexibility index (Phi) is 7.74. The van der Waals surface area contributed by atoms with Crippen molar-refractivity contribution >= 4 is 46.8 Å². The average Bonchev–Trinajstić information content (AvgIpc) is 3.37. The van der Waals surface area contributed by atoms with E-state index in [2.05, 4.69) is 33.9 Å². The zero-order chi connectivity index (χ0) is 17.6. The van der Waals surface area contributed by atoms with E-state index in [9.17, 15) is 4.79 Å². The van der Waals surface area contributed by atoms with Crippen molar-refractivity contribution in [3.05, 3.63) is 35.6 Å². The quantitative estimate of drug-likeness (QED) is 0.252. The van der Waals surface area contributed by atoms with Crippen LogP contribution in [-0.2, 0) is 11.3 Å². The van der Waals surface area contributed by atoms with E-state index in [0.29, 0.717) is 31.5 Å². The highest BCUT2D eigenvalue weighted by atomic mass is 127. The van der Waals surface area contributed by atoms with Gasteiger partial charge in [-0.15, -0.1) is 24.0 Å².